The van der Waals surface area contributed by atoms with Crippen LogP contribution in [-0.4, -0.2) is 23.2 Å². The van der Waals surface area contributed by atoms with E-state index in [9.17, 15) is 9.90 Å². The Bertz CT molecular complexity index is 260. The fraction of sp³-hybridized carbons (Fsp3) is 0.944. The minimum absolute atomic E-state index is 0.176. The topological polar surface area (TPSA) is 62.0 Å². The van der Waals surface area contributed by atoms with Gasteiger partial charge in [-0.15, -0.1) is 0 Å². The Morgan fingerprint density at radius 1 is 0.955 bits per heavy atom. The summed E-state index contributed by atoms with van der Waals surface area (Å²) >= 11 is 0. The number of azo groups is 1. The van der Waals surface area contributed by atoms with Gasteiger partial charge in [0.15, 0.2) is 6.23 Å². The van der Waals surface area contributed by atoms with Crippen LogP contribution in [0, 0.1) is 0 Å². The van der Waals surface area contributed by atoms with E-state index in [-0.39, 0.29) is 5.54 Å². The van der Waals surface area contributed by atoms with E-state index < -0.39 is 6.23 Å². The molecule has 1 atom stereocenters. The van der Waals surface area contributed by atoms with Gasteiger partial charge in [-0.2, -0.15) is 10.2 Å². The maximum Gasteiger partial charge on any atom is 0.165 e. The van der Waals surface area contributed by atoms with Gasteiger partial charge in [0.2, 0.25) is 0 Å². The van der Waals surface area contributed by atoms with Crippen molar-refractivity contribution >= 4 is 6.29 Å². The first kappa shape index (κ1) is 23.5. The molecule has 0 spiro atoms. The normalized spacial score (nSPS) is 12.8. The van der Waals surface area contributed by atoms with E-state index in [1.807, 2.05) is 20.8 Å². The number of hydrogen-bond donors (Lipinski definition) is 1. The highest BCUT2D eigenvalue weighted by Crippen LogP contribution is 2.11. The van der Waals surface area contributed by atoms with Crippen molar-refractivity contribution in [2.45, 2.75) is 111 Å². The predicted molar refractivity (Wildman–Crippen MR) is 94.2 cm³/mol. The Balaban J connectivity index is 0. The van der Waals surface area contributed by atoms with Gasteiger partial charge in [-0.05, 0) is 40.0 Å². The number of carbonyl (C=O) groups excluding carboxylic acids is 1. The van der Waals surface area contributed by atoms with Gasteiger partial charge in [-0.1, -0.05) is 52.4 Å². The molecule has 0 fully saturated rings. The van der Waals surface area contributed by atoms with Gasteiger partial charge in [0, 0.05) is 6.42 Å². The second-order valence-corrected chi connectivity index (χ2v) is 6.73. The molecule has 132 valence electrons. The van der Waals surface area contributed by atoms with Gasteiger partial charge >= 0.3 is 0 Å². The summed E-state index contributed by atoms with van der Waals surface area (Å²) in [4.78, 5) is 9.77. The van der Waals surface area contributed by atoms with Gasteiger partial charge in [0.05, 0.1) is 5.54 Å². The molecule has 0 saturated carbocycles. The van der Waals surface area contributed by atoms with E-state index in [1.54, 1.807) is 0 Å². The van der Waals surface area contributed by atoms with Crippen LogP contribution in [0.25, 0.3) is 0 Å². The molecule has 0 saturated heterocycles. The second-order valence-electron chi connectivity index (χ2n) is 6.73. The zero-order valence-electron chi connectivity index (χ0n) is 15.5. The molecule has 22 heavy (non-hydrogen) atoms. The number of aldehydes is 1. The smallest absolute Gasteiger partial charge is 0.165 e. The summed E-state index contributed by atoms with van der Waals surface area (Å²) in [5.41, 5.74) is -0.176. The lowest BCUT2D eigenvalue weighted by atomic mass is 10.1. The van der Waals surface area contributed by atoms with Crippen molar-refractivity contribution in [2.75, 3.05) is 0 Å². The lowest BCUT2D eigenvalue weighted by Crippen LogP contribution is -2.11. The summed E-state index contributed by atoms with van der Waals surface area (Å²) in [6.07, 6.45) is 11.4. The number of unbranched alkanes of at least 4 members (excludes halogenated alkanes) is 7. The molecular weight excluding hydrogens is 276 g/mol. The van der Waals surface area contributed by atoms with E-state index in [2.05, 4.69) is 24.1 Å². The van der Waals surface area contributed by atoms with Crippen LogP contribution in [0.3, 0.4) is 0 Å². The fourth-order valence-corrected chi connectivity index (χ4v) is 1.71. The monoisotopic (exact) mass is 314 g/mol. The van der Waals surface area contributed by atoms with Crippen LogP contribution in [0.5, 0.6) is 0 Å². The number of aliphatic hydroxyl groups excluding tert-OH is 1. The van der Waals surface area contributed by atoms with Gasteiger partial charge in [-0.3, -0.25) is 0 Å². The number of rotatable bonds is 11. The maximum atomic E-state index is 9.77. The van der Waals surface area contributed by atoms with Crippen LogP contribution in [0.15, 0.2) is 10.2 Å². The molecule has 0 rings (SSSR count). The standard InChI is InChI=1S/C11H24N2O.C7H14O/c1-5-6-7-8-9-10(14)12-13-11(2,3)4;1-2-3-4-5-6-7-8/h10,14H,5-9H2,1-4H3;7H,2-6H2,1H3. The Hall–Kier alpha value is -0.770. The zero-order chi connectivity index (χ0) is 17.3. The molecule has 1 unspecified atom stereocenters. The highest BCUT2D eigenvalue weighted by atomic mass is 16.3. The summed E-state index contributed by atoms with van der Waals surface area (Å²) < 4.78 is 0. The first-order valence-electron chi connectivity index (χ1n) is 8.91. The number of hydrogen-bond acceptors (Lipinski definition) is 4. The molecule has 0 bridgehead atoms. The first-order chi connectivity index (χ1) is 10.4. The first-order valence-corrected chi connectivity index (χ1v) is 8.91. The van der Waals surface area contributed by atoms with Gasteiger partial charge in [0.1, 0.15) is 6.29 Å². The second kappa shape index (κ2) is 16.6. The van der Waals surface area contributed by atoms with Crippen LogP contribution in [0.2, 0.25) is 0 Å². The Morgan fingerprint density at radius 3 is 1.95 bits per heavy atom. The minimum Gasteiger partial charge on any atom is -0.370 e. The number of aliphatic hydroxyl groups is 1. The van der Waals surface area contributed by atoms with Crippen LogP contribution in [0.4, 0.5) is 0 Å². The van der Waals surface area contributed by atoms with Crippen LogP contribution >= 0.6 is 0 Å². The lowest BCUT2D eigenvalue weighted by molar-refractivity contribution is -0.107. The SMILES string of the molecule is CCCCCCC(O)N=NC(C)(C)C.CCCCCCC=O. The summed E-state index contributed by atoms with van der Waals surface area (Å²) in [6, 6.07) is 0. The van der Waals surface area contributed by atoms with Crippen molar-refractivity contribution in [3.05, 3.63) is 0 Å². The molecule has 1 N–H and O–H groups in total. The quantitative estimate of drug-likeness (QED) is 0.303. The molecule has 0 aromatic rings. The fourth-order valence-electron chi connectivity index (χ4n) is 1.71. The van der Waals surface area contributed by atoms with E-state index >= 15 is 0 Å². The average molecular weight is 315 g/mol. The van der Waals surface area contributed by atoms with Crippen molar-refractivity contribution in [1.29, 1.82) is 0 Å². The van der Waals surface area contributed by atoms with Crippen molar-refractivity contribution in [2.24, 2.45) is 10.2 Å². The summed E-state index contributed by atoms with van der Waals surface area (Å²) in [6.45, 7) is 10.3. The van der Waals surface area contributed by atoms with Crippen molar-refractivity contribution in [3.63, 3.8) is 0 Å². The number of carbonyl (C=O) groups is 1. The zero-order valence-corrected chi connectivity index (χ0v) is 15.5. The predicted octanol–water partition coefficient (Wildman–Crippen LogP) is 5.68. The van der Waals surface area contributed by atoms with Crippen molar-refractivity contribution in [3.8, 4) is 0 Å². The summed E-state index contributed by atoms with van der Waals surface area (Å²) in [5, 5.41) is 17.4. The molecule has 4 heteroatoms. The maximum absolute atomic E-state index is 9.77. The molecule has 0 aromatic carbocycles. The Morgan fingerprint density at radius 2 is 1.50 bits per heavy atom. The molecule has 0 heterocycles. The van der Waals surface area contributed by atoms with Gasteiger partial charge in [0.25, 0.3) is 0 Å². The third-order valence-corrected chi connectivity index (χ3v) is 2.98. The summed E-state index contributed by atoms with van der Waals surface area (Å²) in [5.74, 6) is 0. The van der Waals surface area contributed by atoms with E-state index in [1.165, 1.54) is 38.5 Å². The molecule has 0 radical (unpaired) electrons. The van der Waals surface area contributed by atoms with Crippen molar-refractivity contribution in [1.82, 2.24) is 0 Å². The molecular formula is C18H38N2O2. The van der Waals surface area contributed by atoms with E-state index in [0.717, 1.165) is 32.0 Å². The van der Waals surface area contributed by atoms with E-state index in [0.29, 0.717) is 0 Å². The molecule has 0 aliphatic carbocycles. The van der Waals surface area contributed by atoms with Crippen molar-refractivity contribution < 1.29 is 9.90 Å². The van der Waals surface area contributed by atoms with Gasteiger partial charge in [-0.25, -0.2) is 0 Å². The molecule has 0 aliphatic rings. The highest BCUT2D eigenvalue weighted by molar-refractivity contribution is 5.48. The average Bonchev–Trinajstić information content (AvgIpc) is 2.46. The Labute approximate surface area is 137 Å². The molecule has 4 nitrogen and oxygen atoms in total. The highest BCUT2D eigenvalue weighted by Gasteiger charge is 2.08. The lowest BCUT2D eigenvalue weighted by Gasteiger charge is -2.11. The molecule has 0 aromatic heterocycles. The third-order valence-electron chi connectivity index (χ3n) is 2.98. The third kappa shape index (κ3) is 24.3. The van der Waals surface area contributed by atoms with Crippen LogP contribution in [-0.2, 0) is 4.79 Å². The van der Waals surface area contributed by atoms with E-state index in [4.69, 9.17) is 0 Å². The largest absolute Gasteiger partial charge is 0.370 e. The van der Waals surface area contributed by atoms with Gasteiger partial charge < -0.3 is 9.90 Å². The Kier molecular flexibility index (Phi) is 17.7. The molecule has 0 aliphatic heterocycles. The van der Waals surface area contributed by atoms with Crippen LogP contribution < -0.4 is 0 Å². The van der Waals surface area contributed by atoms with Crippen LogP contribution in [0.1, 0.15) is 98.8 Å². The minimum atomic E-state index is -0.605. The summed E-state index contributed by atoms with van der Waals surface area (Å²) in [7, 11) is 0. The number of nitrogens with zero attached hydrogens (tertiary/aromatic N) is 2. The molecule has 0 amide bonds.